The predicted octanol–water partition coefficient (Wildman–Crippen LogP) is 2.62. The van der Waals surface area contributed by atoms with Crippen molar-refractivity contribution in [2.24, 2.45) is 5.92 Å². The Labute approximate surface area is 104 Å². The summed E-state index contributed by atoms with van der Waals surface area (Å²) in [5.74, 6) is 2.02. The highest BCUT2D eigenvalue weighted by molar-refractivity contribution is 5.17. The summed E-state index contributed by atoms with van der Waals surface area (Å²) in [6, 6.07) is 2.71. The summed E-state index contributed by atoms with van der Waals surface area (Å²) in [7, 11) is 1.96. The number of rotatable bonds is 7. The first-order valence-corrected chi connectivity index (χ1v) is 6.64. The van der Waals surface area contributed by atoms with Gasteiger partial charge >= 0.3 is 0 Å². The Morgan fingerprint density at radius 2 is 2.24 bits per heavy atom. The minimum Gasteiger partial charge on any atom is -0.468 e. The summed E-state index contributed by atoms with van der Waals surface area (Å²) >= 11 is 0. The molecule has 1 heterocycles. The van der Waals surface area contributed by atoms with E-state index in [9.17, 15) is 0 Å². The largest absolute Gasteiger partial charge is 0.468 e. The Balaban J connectivity index is 1.97. The Morgan fingerprint density at radius 1 is 1.47 bits per heavy atom. The van der Waals surface area contributed by atoms with Crippen molar-refractivity contribution in [3.05, 3.63) is 23.7 Å². The maximum absolute atomic E-state index is 5.52. The highest BCUT2D eigenvalue weighted by Crippen LogP contribution is 2.31. The van der Waals surface area contributed by atoms with E-state index in [4.69, 9.17) is 4.42 Å². The highest BCUT2D eigenvalue weighted by atomic mass is 16.3. The summed E-state index contributed by atoms with van der Waals surface area (Å²) < 4.78 is 5.52. The van der Waals surface area contributed by atoms with Crippen LogP contribution in [0.15, 0.2) is 16.7 Å². The van der Waals surface area contributed by atoms with E-state index in [1.165, 1.54) is 24.9 Å². The molecule has 0 atom stereocenters. The smallest absolute Gasteiger partial charge is 0.122 e. The zero-order valence-electron chi connectivity index (χ0n) is 11.2. The number of furan rings is 1. The Morgan fingerprint density at radius 3 is 2.82 bits per heavy atom. The van der Waals surface area contributed by atoms with Crippen molar-refractivity contribution in [2.75, 3.05) is 13.6 Å². The average Bonchev–Trinajstić information content (AvgIpc) is 3.00. The quantitative estimate of drug-likeness (QED) is 0.789. The second-order valence-electron chi connectivity index (χ2n) is 5.37. The van der Waals surface area contributed by atoms with Crippen LogP contribution in [0, 0.1) is 5.92 Å². The van der Waals surface area contributed by atoms with Crippen molar-refractivity contribution in [3.8, 4) is 0 Å². The molecule has 0 saturated heterocycles. The zero-order valence-corrected chi connectivity index (χ0v) is 11.2. The van der Waals surface area contributed by atoms with E-state index < -0.39 is 0 Å². The van der Waals surface area contributed by atoms with E-state index >= 15 is 0 Å². The second-order valence-corrected chi connectivity index (χ2v) is 5.37. The number of hydrogen-bond donors (Lipinski definition) is 1. The summed E-state index contributed by atoms with van der Waals surface area (Å²) in [4.78, 5) is 2.56. The molecular formula is C14H24N2O. The fourth-order valence-corrected chi connectivity index (χ4v) is 2.13. The molecule has 0 bridgehead atoms. The number of hydrogen-bond acceptors (Lipinski definition) is 3. The Bertz CT molecular complexity index is 342. The van der Waals surface area contributed by atoms with Gasteiger partial charge in [0.05, 0.1) is 12.8 Å². The van der Waals surface area contributed by atoms with Crippen molar-refractivity contribution in [1.82, 2.24) is 10.2 Å². The fourth-order valence-electron chi connectivity index (χ4n) is 2.13. The zero-order chi connectivity index (χ0) is 12.3. The maximum atomic E-state index is 5.52. The molecule has 1 N–H and O–H groups in total. The number of nitrogens with one attached hydrogen (secondary N) is 1. The normalized spacial score (nSPS) is 16.1. The molecule has 1 aliphatic rings. The first-order chi connectivity index (χ1) is 8.20. The maximum Gasteiger partial charge on any atom is 0.122 e. The first-order valence-electron chi connectivity index (χ1n) is 6.64. The molecule has 17 heavy (non-hydrogen) atoms. The summed E-state index contributed by atoms with van der Waals surface area (Å²) in [5.41, 5.74) is 1.33. The van der Waals surface area contributed by atoms with Gasteiger partial charge in [0.1, 0.15) is 5.76 Å². The van der Waals surface area contributed by atoms with Gasteiger partial charge in [0, 0.05) is 24.7 Å². The molecule has 0 unspecified atom stereocenters. The molecule has 3 heteroatoms. The van der Waals surface area contributed by atoms with Crippen LogP contribution in [0.5, 0.6) is 0 Å². The van der Waals surface area contributed by atoms with Gasteiger partial charge in [-0.25, -0.2) is 0 Å². The van der Waals surface area contributed by atoms with Crippen molar-refractivity contribution in [1.29, 1.82) is 0 Å². The van der Waals surface area contributed by atoms with Crippen LogP contribution in [-0.2, 0) is 13.1 Å². The van der Waals surface area contributed by atoms with E-state index in [-0.39, 0.29) is 0 Å². The Hall–Kier alpha value is -0.800. The van der Waals surface area contributed by atoms with Gasteiger partial charge in [-0.3, -0.25) is 4.90 Å². The third kappa shape index (κ3) is 3.58. The van der Waals surface area contributed by atoms with Crippen molar-refractivity contribution in [2.45, 2.75) is 45.8 Å². The monoisotopic (exact) mass is 236 g/mol. The molecule has 3 nitrogen and oxygen atoms in total. The third-order valence-corrected chi connectivity index (χ3v) is 3.47. The SMILES string of the molecule is CNCc1occc1CN(CC1CC1)C(C)C. The minimum absolute atomic E-state index is 0.605. The van der Waals surface area contributed by atoms with E-state index in [1.807, 2.05) is 7.05 Å². The standard InChI is InChI=1S/C14H24N2O/c1-11(2)16(9-12-4-5-12)10-13-6-7-17-14(13)8-15-3/h6-7,11-12,15H,4-5,8-10H2,1-3H3. The van der Waals surface area contributed by atoms with Crippen LogP contribution in [0.25, 0.3) is 0 Å². The van der Waals surface area contributed by atoms with Gasteiger partial charge in [-0.2, -0.15) is 0 Å². The van der Waals surface area contributed by atoms with Crippen LogP contribution in [0.2, 0.25) is 0 Å². The molecule has 2 rings (SSSR count). The molecule has 1 aromatic heterocycles. The van der Waals surface area contributed by atoms with Crippen molar-refractivity contribution in [3.63, 3.8) is 0 Å². The second kappa shape index (κ2) is 5.69. The number of nitrogens with zero attached hydrogens (tertiary/aromatic N) is 1. The lowest BCUT2D eigenvalue weighted by Crippen LogP contribution is -2.32. The van der Waals surface area contributed by atoms with Gasteiger partial charge in [0.25, 0.3) is 0 Å². The van der Waals surface area contributed by atoms with Gasteiger partial charge in [0.2, 0.25) is 0 Å². The van der Waals surface area contributed by atoms with Crippen LogP contribution < -0.4 is 5.32 Å². The molecule has 0 aromatic carbocycles. The van der Waals surface area contributed by atoms with Crippen molar-refractivity contribution < 1.29 is 4.42 Å². The van der Waals surface area contributed by atoms with Crippen LogP contribution in [0.1, 0.15) is 38.0 Å². The molecule has 1 saturated carbocycles. The molecule has 1 fully saturated rings. The fraction of sp³-hybridized carbons (Fsp3) is 0.714. The first kappa shape index (κ1) is 12.7. The van der Waals surface area contributed by atoms with E-state index in [0.717, 1.165) is 24.8 Å². The van der Waals surface area contributed by atoms with Gasteiger partial charge in [-0.05, 0) is 45.7 Å². The summed E-state index contributed by atoms with van der Waals surface area (Å²) in [5, 5.41) is 3.15. The lowest BCUT2D eigenvalue weighted by atomic mass is 10.2. The van der Waals surface area contributed by atoms with Crippen LogP contribution >= 0.6 is 0 Å². The Kier molecular flexibility index (Phi) is 4.24. The highest BCUT2D eigenvalue weighted by Gasteiger charge is 2.26. The predicted molar refractivity (Wildman–Crippen MR) is 69.7 cm³/mol. The molecule has 1 aromatic rings. The molecule has 0 aliphatic heterocycles. The molecule has 0 radical (unpaired) electrons. The van der Waals surface area contributed by atoms with Gasteiger partial charge < -0.3 is 9.73 Å². The van der Waals surface area contributed by atoms with Crippen LogP contribution in [0.3, 0.4) is 0 Å². The van der Waals surface area contributed by atoms with Gasteiger partial charge in [0.15, 0.2) is 0 Å². The molecule has 96 valence electrons. The third-order valence-electron chi connectivity index (χ3n) is 3.47. The molecule has 1 aliphatic carbocycles. The topological polar surface area (TPSA) is 28.4 Å². The minimum atomic E-state index is 0.605. The van der Waals surface area contributed by atoms with E-state index in [0.29, 0.717) is 6.04 Å². The van der Waals surface area contributed by atoms with Crippen LogP contribution in [-0.4, -0.2) is 24.5 Å². The molecular weight excluding hydrogens is 212 g/mol. The van der Waals surface area contributed by atoms with Gasteiger partial charge in [-0.15, -0.1) is 0 Å². The van der Waals surface area contributed by atoms with Crippen molar-refractivity contribution >= 4 is 0 Å². The average molecular weight is 236 g/mol. The molecule has 0 amide bonds. The molecule has 0 spiro atoms. The van der Waals surface area contributed by atoms with Crippen LogP contribution in [0.4, 0.5) is 0 Å². The lowest BCUT2D eigenvalue weighted by Gasteiger charge is -2.26. The summed E-state index contributed by atoms with van der Waals surface area (Å²) in [6.45, 7) is 7.63. The summed E-state index contributed by atoms with van der Waals surface area (Å²) in [6.07, 6.45) is 4.63. The van der Waals surface area contributed by atoms with Gasteiger partial charge in [-0.1, -0.05) is 0 Å². The lowest BCUT2D eigenvalue weighted by molar-refractivity contribution is 0.202. The van der Waals surface area contributed by atoms with E-state index in [1.54, 1.807) is 6.26 Å². The van der Waals surface area contributed by atoms with E-state index in [2.05, 4.69) is 30.1 Å².